The van der Waals surface area contributed by atoms with Crippen molar-refractivity contribution in [1.82, 2.24) is 15.0 Å². The maximum absolute atomic E-state index is 14.6. The molecular weight excluding hydrogens is 764 g/mol. The molecule has 1 N–H and O–H groups in total. The molecule has 3 heterocycles. The van der Waals surface area contributed by atoms with E-state index in [9.17, 15) is 24.0 Å². The van der Waals surface area contributed by atoms with Gasteiger partial charge in [-0.1, -0.05) is 112 Å². The average molecular weight is 813 g/mol. The van der Waals surface area contributed by atoms with Gasteiger partial charge < -0.3 is 23.7 Å². The highest BCUT2D eigenvalue weighted by Crippen LogP contribution is 2.33. The zero-order valence-electron chi connectivity index (χ0n) is 33.1. The first-order valence-electron chi connectivity index (χ1n) is 20.0. The van der Waals surface area contributed by atoms with Gasteiger partial charge in [0.15, 0.2) is 17.3 Å². The van der Waals surface area contributed by atoms with Gasteiger partial charge in [-0.25, -0.2) is 14.5 Å². The molecule has 3 aromatic carbocycles. The van der Waals surface area contributed by atoms with Crippen molar-refractivity contribution in [3.05, 3.63) is 94.3 Å². The standard InChI is InChI=1S/C44H49ClN4O9/c1-4-6-7-8-9-10-11-12-13-17-24-56-43(53)30-20-22-33(45)34(26-30)46-40(51)37(38(50)36-31-21-23-35-32(25-28(3)57-35)39(31)58-47-36)49-41(52)42(55-5-2)48(44(49)54)27-29-18-15-14-16-19-29/h14-16,18-23,25-26,37,42H,4-13,17,24,27H2,1-3H3,(H,46,51). The Hall–Kier alpha value is -5.53. The molecule has 0 aliphatic carbocycles. The van der Waals surface area contributed by atoms with Crippen molar-refractivity contribution in [3.63, 3.8) is 0 Å². The number of anilines is 1. The van der Waals surface area contributed by atoms with Crippen molar-refractivity contribution >= 4 is 68.8 Å². The molecule has 2 unspecified atom stereocenters. The van der Waals surface area contributed by atoms with E-state index in [1.54, 1.807) is 56.3 Å². The summed E-state index contributed by atoms with van der Waals surface area (Å²) < 4.78 is 22.6. The Bertz CT molecular complexity index is 2250. The van der Waals surface area contributed by atoms with Gasteiger partial charge in [0.05, 0.1) is 40.2 Å². The van der Waals surface area contributed by atoms with Crippen LogP contribution in [0.1, 0.15) is 110 Å². The maximum Gasteiger partial charge on any atom is 0.338 e. The van der Waals surface area contributed by atoms with Crippen molar-refractivity contribution < 1.29 is 42.4 Å². The molecule has 1 saturated heterocycles. The number of carbonyl (C=O) groups is 5. The lowest BCUT2D eigenvalue weighted by atomic mass is 10.0. The largest absolute Gasteiger partial charge is 0.462 e. The molecular formula is C44H49ClN4O9. The summed E-state index contributed by atoms with van der Waals surface area (Å²) in [6.07, 6.45) is 9.98. The summed E-state index contributed by atoms with van der Waals surface area (Å²) >= 11 is 6.52. The topological polar surface area (TPSA) is 161 Å². The number of ketones is 1. The van der Waals surface area contributed by atoms with Crippen LogP contribution >= 0.6 is 11.6 Å². The minimum Gasteiger partial charge on any atom is -0.462 e. The minimum absolute atomic E-state index is 0.0346. The Balaban J connectivity index is 1.23. The Labute approximate surface area is 341 Å². The molecule has 13 nitrogen and oxygen atoms in total. The molecule has 2 aromatic heterocycles. The van der Waals surface area contributed by atoms with Gasteiger partial charge in [0.25, 0.3) is 11.8 Å². The number of rotatable bonds is 21. The number of hydrogen-bond donors (Lipinski definition) is 1. The number of nitrogens with one attached hydrogen (secondary N) is 1. The van der Waals surface area contributed by atoms with Gasteiger partial charge in [0, 0.05) is 6.61 Å². The molecule has 0 spiro atoms. The Morgan fingerprint density at radius 3 is 2.29 bits per heavy atom. The fraction of sp³-hybridized carbons (Fsp3) is 0.409. The third-order valence-electron chi connectivity index (χ3n) is 10.1. The number of Topliss-reactive ketones (excluding diaryl/α,β-unsaturated/α-hetero) is 1. The van der Waals surface area contributed by atoms with Crippen molar-refractivity contribution in [2.24, 2.45) is 0 Å². The number of carbonyl (C=O) groups excluding carboxylic acids is 5. The predicted octanol–water partition coefficient (Wildman–Crippen LogP) is 9.63. The Morgan fingerprint density at radius 1 is 0.879 bits per heavy atom. The molecule has 0 bridgehead atoms. The van der Waals surface area contributed by atoms with Crippen LogP contribution in [0.15, 0.2) is 75.7 Å². The highest BCUT2D eigenvalue weighted by atomic mass is 35.5. The number of imide groups is 1. The van der Waals surface area contributed by atoms with E-state index in [1.807, 2.05) is 6.07 Å². The Kier molecular flexibility index (Phi) is 14.3. The van der Waals surface area contributed by atoms with E-state index in [0.717, 1.165) is 24.2 Å². The zero-order valence-corrected chi connectivity index (χ0v) is 33.8. The Morgan fingerprint density at radius 2 is 1.59 bits per heavy atom. The van der Waals surface area contributed by atoms with Crippen LogP contribution in [-0.4, -0.2) is 70.0 Å². The van der Waals surface area contributed by atoms with Crippen LogP contribution < -0.4 is 5.32 Å². The SMILES string of the molecule is CCCCCCCCCCCCOC(=O)c1ccc(Cl)c(NC(=O)C(C(=O)c2noc3c2ccc2oc(C)cc23)N2C(=O)C(OCC)N(Cc3ccccc3)C2=O)c1. The second-order valence-electron chi connectivity index (χ2n) is 14.4. The highest BCUT2D eigenvalue weighted by Gasteiger charge is 2.53. The van der Waals surface area contributed by atoms with Crippen molar-refractivity contribution in [3.8, 4) is 0 Å². The van der Waals surface area contributed by atoms with Gasteiger partial charge in [0.1, 0.15) is 11.3 Å². The molecule has 306 valence electrons. The smallest absolute Gasteiger partial charge is 0.338 e. The average Bonchev–Trinajstić information content (AvgIpc) is 3.89. The molecule has 0 radical (unpaired) electrons. The third-order valence-corrected chi connectivity index (χ3v) is 10.5. The number of urea groups is 1. The van der Waals surface area contributed by atoms with Crippen molar-refractivity contribution in [2.75, 3.05) is 18.5 Å². The second kappa shape index (κ2) is 19.8. The summed E-state index contributed by atoms with van der Waals surface area (Å²) in [6, 6.07) is 15.0. The number of hydrogen-bond acceptors (Lipinski definition) is 10. The van der Waals surface area contributed by atoms with Gasteiger partial charge in [-0.05, 0) is 62.2 Å². The molecule has 58 heavy (non-hydrogen) atoms. The van der Waals surface area contributed by atoms with Crippen LogP contribution in [0.2, 0.25) is 5.02 Å². The molecule has 5 aromatic rings. The quantitative estimate of drug-likeness (QED) is 0.0248. The van der Waals surface area contributed by atoms with E-state index in [1.165, 1.54) is 56.7 Å². The van der Waals surface area contributed by atoms with E-state index in [0.29, 0.717) is 33.6 Å². The summed E-state index contributed by atoms with van der Waals surface area (Å²) in [5, 5.41) is 7.44. The predicted molar refractivity (Wildman–Crippen MR) is 218 cm³/mol. The van der Waals surface area contributed by atoms with Crippen molar-refractivity contribution in [1.29, 1.82) is 0 Å². The van der Waals surface area contributed by atoms with Crippen molar-refractivity contribution in [2.45, 2.75) is 104 Å². The monoisotopic (exact) mass is 812 g/mol. The number of furan rings is 1. The number of aryl methyl sites for hydroxylation is 1. The molecule has 4 amide bonds. The lowest BCUT2D eigenvalue weighted by molar-refractivity contribution is -0.144. The summed E-state index contributed by atoms with van der Waals surface area (Å²) in [7, 11) is 0. The van der Waals surface area contributed by atoms with E-state index in [-0.39, 0.29) is 52.7 Å². The van der Waals surface area contributed by atoms with Crippen LogP contribution in [0.5, 0.6) is 0 Å². The maximum atomic E-state index is 14.6. The second-order valence-corrected chi connectivity index (χ2v) is 14.8. The van der Waals surface area contributed by atoms with E-state index in [2.05, 4.69) is 17.4 Å². The highest BCUT2D eigenvalue weighted by molar-refractivity contribution is 6.34. The van der Waals surface area contributed by atoms with Crippen LogP contribution in [-0.2, 0) is 25.6 Å². The number of ether oxygens (including phenoxy) is 2. The fourth-order valence-corrected chi connectivity index (χ4v) is 7.32. The first-order chi connectivity index (χ1) is 28.1. The number of amides is 4. The summed E-state index contributed by atoms with van der Waals surface area (Å²) in [5.74, 6) is -3.03. The molecule has 0 saturated carbocycles. The first-order valence-corrected chi connectivity index (χ1v) is 20.4. The third kappa shape index (κ3) is 9.59. The zero-order chi connectivity index (χ0) is 41.2. The summed E-state index contributed by atoms with van der Waals surface area (Å²) in [5.41, 5.74) is 1.18. The number of unbranched alkanes of at least 4 members (excludes halogenated alkanes) is 9. The molecule has 14 heteroatoms. The molecule has 1 fully saturated rings. The first kappa shape index (κ1) is 42.1. The minimum atomic E-state index is -2.10. The number of nitrogens with zero attached hydrogens (tertiary/aromatic N) is 3. The number of fused-ring (bicyclic) bond motifs is 3. The van der Waals surface area contributed by atoms with Gasteiger partial charge in [-0.15, -0.1) is 0 Å². The van der Waals surface area contributed by atoms with Crippen LogP contribution in [0.25, 0.3) is 21.9 Å². The normalized spacial score (nSPS) is 14.8. The van der Waals surface area contributed by atoms with E-state index in [4.69, 9.17) is 30.0 Å². The van der Waals surface area contributed by atoms with E-state index >= 15 is 0 Å². The molecule has 6 rings (SSSR count). The molecule has 1 aliphatic heterocycles. The lowest BCUT2D eigenvalue weighted by Crippen LogP contribution is -2.52. The van der Waals surface area contributed by atoms with Crippen LogP contribution in [0.4, 0.5) is 10.5 Å². The lowest BCUT2D eigenvalue weighted by Gasteiger charge is -2.24. The van der Waals surface area contributed by atoms with Crippen LogP contribution in [0, 0.1) is 6.92 Å². The van der Waals surface area contributed by atoms with Gasteiger partial charge in [-0.2, -0.15) is 0 Å². The van der Waals surface area contributed by atoms with Gasteiger partial charge in [-0.3, -0.25) is 19.3 Å². The fourth-order valence-electron chi connectivity index (χ4n) is 7.16. The van der Waals surface area contributed by atoms with Gasteiger partial charge >= 0.3 is 12.0 Å². The number of esters is 1. The number of benzene rings is 3. The van der Waals surface area contributed by atoms with E-state index < -0.39 is 41.9 Å². The molecule has 1 aliphatic rings. The number of halogens is 1. The number of aromatic nitrogens is 1. The summed E-state index contributed by atoms with van der Waals surface area (Å²) in [4.78, 5) is 72.3. The van der Waals surface area contributed by atoms with Gasteiger partial charge in [0.2, 0.25) is 12.0 Å². The molecule has 2 atom stereocenters. The summed E-state index contributed by atoms with van der Waals surface area (Å²) in [6.45, 7) is 5.86. The van der Waals surface area contributed by atoms with Crippen LogP contribution in [0.3, 0.4) is 0 Å².